The van der Waals surface area contributed by atoms with Crippen LogP contribution in [0.1, 0.15) is 12.5 Å². The van der Waals surface area contributed by atoms with E-state index in [1.807, 2.05) is 6.07 Å². The van der Waals surface area contributed by atoms with Crippen molar-refractivity contribution in [2.45, 2.75) is 12.5 Å². The SMILES string of the molecule is Cn1c(-c2ccc(F)cc2)cnc1NC(=O)CN1C(=O)N[C@](C)(c2ccccc2)C1=O. The maximum atomic E-state index is 13.2. The summed E-state index contributed by atoms with van der Waals surface area (Å²) < 4.78 is 14.8. The van der Waals surface area contributed by atoms with Gasteiger partial charge in [-0.3, -0.25) is 19.8 Å². The number of nitrogens with zero attached hydrogens (tertiary/aromatic N) is 3. The summed E-state index contributed by atoms with van der Waals surface area (Å²) in [6.45, 7) is 1.15. The molecule has 1 atom stereocenters. The first-order chi connectivity index (χ1) is 14.8. The van der Waals surface area contributed by atoms with Gasteiger partial charge in [0.05, 0.1) is 11.9 Å². The Morgan fingerprint density at radius 2 is 1.81 bits per heavy atom. The summed E-state index contributed by atoms with van der Waals surface area (Å²) in [6, 6.07) is 14.1. The second kappa shape index (κ2) is 7.67. The first-order valence-corrected chi connectivity index (χ1v) is 9.57. The van der Waals surface area contributed by atoms with E-state index in [2.05, 4.69) is 15.6 Å². The zero-order valence-corrected chi connectivity index (χ0v) is 16.9. The van der Waals surface area contributed by atoms with Crippen LogP contribution in [0.3, 0.4) is 0 Å². The molecule has 0 saturated carbocycles. The van der Waals surface area contributed by atoms with E-state index in [0.29, 0.717) is 11.3 Å². The molecule has 0 aliphatic carbocycles. The summed E-state index contributed by atoms with van der Waals surface area (Å²) in [5.74, 6) is -1.19. The van der Waals surface area contributed by atoms with Crippen LogP contribution in [0.15, 0.2) is 60.8 Å². The van der Waals surface area contributed by atoms with Gasteiger partial charge in [0, 0.05) is 12.6 Å². The molecule has 0 spiro atoms. The van der Waals surface area contributed by atoms with Crippen LogP contribution < -0.4 is 10.6 Å². The number of carbonyl (C=O) groups excluding carboxylic acids is 3. The van der Waals surface area contributed by atoms with Gasteiger partial charge in [-0.2, -0.15) is 0 Å². The second-order valence-corrected chi connectivity index (χ2v) is 7.39. The van der Waals surface area contributed by atoms with E-state index in [4.69, 9.17) is 0 Å². The lowest BCUT2D eigenvalue weighted by atomic mass is 9.92. The highest BCUT2D eigenvalue weighted by molar-refractivity contribution is 6.10. The smallest absolute Gasteiger partial charge is 0.319 e. The predicted molar refractivity (Wildman–Crippen MR) is 111 cm³/mol. The average molecular weight is 421 g/mol. The van der Waals surface area contributed by atoms with Crippen molar-refractivity contribution in [2.24, 2.45) is 7.05 Å². The number of nitrogens with one attached hydrogen (secondary N) is 2. The number of benzene rings is 2. The van der Waals surface area contributed by atoms with Crippen molar-refractivity contribution in [1.82, 2.24) is 19.8 Å². The van der Waals surface area contributed by atoms with Crippen LogP contribution in [0.25, 0.3) is 11.3 Å². The fourth-order valence-electron chi connectivity index (χ4n) is 3.53. The number of anilines is 1. The summed E-state index contributed by atoms with van der Waals surface area (Å²) in [5.41, 5.74) is 0.785. The molecule has 1 saturated heterocycles. The Hall–Kier alpha value is -4.01. The zero-order chi connectivity index (χ0) is 22.2. The lowest BCUT2D eigenvalue weighted by molar-refractivity contribution is -0.133. The van der Waals surface area contributed by atoms with Gasteiger partial charge in [0.25, 0.3) is 5.91 Å². The third-order valence-electron chi connectivity index (χ3n) is 5.31. The standard InChI is InChI=1S/C22H20FN5O3/c1-22(15-6-4-3-5-7-15)19(30)28(21(31)26-22)13-18(29)25-20-24-12-17(27(20)2)14-8-10-16(23)11-9-14/h3-12H,13H2,1-2H3,(H,26,31)(H,24,25,29)/t22-/m1/s1. The highest BCUT2D eigenvalue weighted by Crippen LogP contribution is 2.28. The number of hydrogen-bond donors (Lipinski definition) is 2. The molecule has 2 heterocycles. The zero-order valence-electron chi connectivity index (χ0n) is 16.9. The minimum Gasteiger partial charge on any atom is -0.319 e. The molecule has 9 heteroatoms. The van der Waals surface area contributed by atoms with Crippen LogP contribution in [-0.4, -0.2) is 38.8 Å². The molecule has 0 unspecified atom stereocenters. The molecular weight excluding hydrogens is 401 g/mol. The lowest BCUT2D eigenvalue weighted by Crippen LogP contribution is -2.42. The number of imidazole rings is 1. The van der Waals surface area contributed by atoms with Crippen molar-refractivity contribution < 1.29 is 18.8 Å². The average Bonchev–Trinajstić information content (AvgIpc) is 3.22. The number of rotatable bonds is 5. The van der Waals surface area contributed by atoms with Crippen LogP contribution in [0.2, 0.25) is 0 Å². The van der Waals surface area contributed by atoms with E-state index in [9.17, 15) is 18.8 Å². The van der Waals surface area contributed by atoms with E-state index in [0.717, 1.165) is 10.5 Å². The Morgan fingerprint density at radius 3 is 2.48 bits per heavy atom. The van der Waals surface area contributed by atoms with Crippen molar-refractivity contribution in [3.05, 3.63) is 72.2 Å². The summed E-state index contributed by atoms with van der Waals surface area (Å²) in [5, 5.41) is 5.27. The molecule has 158 valence electrons. The van der Waals surface area contributed by atoms with E-state index >= 15 is 0 Å². The highest BCUT2D eigenvalue weighted by Gasteiger charge is 2.49. The first kappa shape index (κ1) is 20.3. The monoisotopic (exact) mass is 421 g/mol. The van der Waals surface area contributed by atoms with Crippen LogP contribution in [0.5, 0.6) is 0 Å². The number of carbonyl (C=O) groups is 3. The van der Waals surface area contributed by atoms with Crippen LogP contribution in [0, 0.1) is 5.82 Å². The molecule has 4 amide bonds. The minimum absolute atomic E-state index is 0.238. The molecule has 0 radical (unpaired) electrons. The first-order valence-electron chi connectivity index (χ1n) is 9.57. The number of imide groups is 1. The van der Waals surface area contributed by atoms with E-state index in [1.165, 1.54) is 12.1 Å². The molecule has 8 nitrogen and oxygen atoms in total. The maximum absolute atomic E-state index is 13.2. The van der Waals surface area contributed by atoms with Gasteiger partial charge in [-0.15, -0.1) is 0 Å². The Kier molecular flexibility index (Phi) is 5.02. The molecule has 2 N–H and O–H groups in total. The third kappa shape index (κ3) is 3.65. The topological polar surface area (TPSA) is 96.3 Å². The van der Waals surface area contributed by atoms with Gasteiger partial charge in [-0.1, -0.05) is 30.3 Å². The Bertz CT molecular complexity index is 1160. The minimum atomic E-state index is -1.24. The van der Waals surface area contributed by atoms with Crippen molar-refractivity contribution >= 4 is 23.8 Å². The number of aromatic nitrogens is 2. The molecule has 1 aliphatic rings. The molecule has 1 aromatic heterocycles. The number of halogens is 1. The number of urea groups is 1. The summed E-state index contributed by atoms with van der Waals surface area (Å²) in [7, 11) is 1.70. The molecule has 31 heavy (non-hydrogen) atoms. The predicted octanol–water partition coefficient (Wildman–Crippen LogP) is 2.63. The molecule has 1 aliphatic heterocycles. The Balaban J connectivity index is 1.48. The fraction of sp³-hybridized carbons (Fsp3) is 0.182. The van der Waals surface area contributed by atoms with Crippen molar-refractivity contribution in [3.63, 3.8) is 0 Å². The van der Waals surface area contributed by atoms with Gasteiger partial charge in [0.1, 0.15) is 17.9 Å². The molecule has 3 aromatic rings. The number of amides is 4. The van der Waals surface area contributed by atoms with Gasteiger partial charge in [-0.25, -0.2) is 14.2 Å². The van der Waals surface area contributed by atoms with Gasteiger partial charge in [-0.05, 0) is 36.8 Å². The van der Waals surface area contributed by atoms with Gasteiger partial charge in [0.15, 0.2) is 0 Å². The Labute approximate surface area is 177 Å². The molecular formula is C22H20FN5O3. The molecule has 0 bridgehead atoms. The van der Waals surface area contributed by atoms with Gasteiger partial charge < -0.3 is 9.88 Å². The summed E-state index contributed by atoms with van der Waals surface area (Å²) in [4.78, 5) is 42.9. The summed E-state index contributed by atoms with van der Waals surface area (Å²) in [6.07, 6.45) is 1.54. The second-order valence-electron chi connectivity index (χ2n) is 7.39. The van der Waals surface area contributed by atoms with Gasteiger partial charge >= 0.3 is 6.03 Å². The molecule has 2 aromatic carbocycles. The van der Waals surface area contributed by atoms with Crippen molar-refractivity contribution in [1.29, 1.82) is 0 Å². The quantitative estimate of drug-likeness (QED) is 0.619. The summed E-state index contributed by atoms with van der Waals surface area (Å²) >= 11 is 0. The van der Waals surface area contributed by atoms with Crippen LogP contribution >= 0.6 is 0 Å². The third-order valence-corrected chi connectivity index (χ3v) is 5.31. The van der Waals surface area contributed by atoms with E-state index < -0.39 is 29.9 Å². The lowest BCUT2D eigenvalue weighted by Gasteiger charge is -2.22. The highest BCUT2D eigenvalue weighted by atomic mass is 19.1. The van der Waals surface area contributed by atoms with Gasteiger partial charge in [0.2, 0.25) is 11.9 Å². The Morgan fingerprint density at radius 1 is 1.13 bits per heavy atom. The van der Waals surface area contributed by atoms with Crippen LogP contribution in [-0.2, 0) is 22.2 Å². The molecule has 4 rings (SSSR count). The van der Waals surface area contributed by atoms with Crippen LogP contribution in [0.4, 0.5) is 15.1 Å². The number of hydrogen-bond acceptors (Lipinski definition) is 4. The maximum Gasteiger partial charge on any atom is 0.325 e. The largest absolute Gasteiger partial charge is 0.325 e. The normalized spacial score (nSPS) is 18.2. The van der Waals surface area contributed by atoms with E-state index in [1.54, 1.807) is 61.1 Å². The fourth-order valence-corrected chi connectivity index (χ4v) is 3.53. The van der Waals surface area contributed by atoms with Crippen molar-refractivity contribution in [2.75, 3.05) is 11.9 Å². The van der Waals surface area contributed by atoms with Crippen molar-refractivity contribution in [3.8, 4) is 11.3 Å². The van der Waals surface area contributed by atoms with E-state index in [-0.39, 0.29) is 11.8 Å². The molecule has 1 fully saturated rings.